The summed E-state index contributed by atoms with van der Waals surface area (Å²) in [7, 11) is -1.03. The number of ether oxygens (including phenoxy) is 1. The number of likely N-dealkylation sites (tertiary alicyclic amines) is 1. The molecule has 3 aromatic carbocycles. The minimum atomic E-state index is -1.03. The molecule has 7 nitrogen and oxygen atoms in total. The molecule has 1 aliphatic carbocycles. The number of nitrogens with zero attached hydrogens (tertiary/aromatic N) is 1. The van der Waals surface area contributed by atoms with E-state index in [9.17, 15) is 19.7 Å². The fourth-order valence-corrected chi connectivity index (χ4v) is 7.10. The van der Waals surface area contributed by atoms with Crippen LogP contribution in [0.15, 0.2) is 96.1 Å². The summed E-state index contributed by atoms with van der Waals surface area (Å²) >= 11 is 0. The molecular weight excluding hydrogens is 553 g/mol. The summed E-state index contributed by atoms with van der Waals surface area (Å²) in [5, 5.41) is 20.8. The van der Waals surface area contributed by atoms with Gasteiger partial charge in [-0.3, -0.25) is 14.5 Å². The molecule has 0 unspecified atom stereocenters. The Labute approximate surface area is 259 Å². The number of amides is 2. The summed E-state index contributed by atoms with van der Waals surface area (Å²) in [6.45, 7) is 2.67. The predicted octanol–water partition coefficient (Wildman–Crippen LogP) is 6.00. The number of rotatable bonds is 10. The molecule has 8 heteroatoms. The first kappa shape index (κ1) is 29.9. The molecule has 2 N–H and O–H groups in total. The van der Waals surface area contributed by atoms with E-state index in [1.165, 1.54) is 4.90 Å². The molecule has 3 aromatic rings. The van der Waals surface area contributed by atoms with Gasteiger partial charge < -0.3 is 19.5 Å². The summed E-state index contributed by atoms with van der Waals surface area (Å²) in [5.41, 5.74) is 5.12. The normalized spacial score (nSPS) is 23.5. The van der Waals surface area contributed by atoms with Gasteiger partial charge in [0.1, 0.15) is 18.1 Å². The van der Waals surface area contributed by atoms with Crippen LogP contribution in [0.5, 0.6) is 11.5 Å². The summed E-state index contributed by atoms with van der Waals surface area (Å²) in [4.78, 5) is 28.6. The Kier molecular flexibility index (Phi) is 9.00. The summed E-state index contributed by atoms with van der Waals surface area (Å²) in [6.07, 6.45) is 4.32. The average Bonchev–Trinajstić information content (AvgIpc) is 3.28. The molecule has 44 heavy (non-hydrogen) atoms. The first-order valence-electron chi connectivity index (χ1n) is 15.6. The molecule has 2 amide bonds. The number of carbonyl (C=O) groups is 2. The number of aromatic hydroxyl groups is 1. The first-order chi connectivity index (χ1) is 21.4. The Bertz CT molecular complexity index is 1540. The van der Waals surface area contributed by atoms with E-state index in [2.05, 4.69) is 18.2 Å². The zero-order valence-corrected chi connectivity index (χ0v) is 25.0. The van der Waals surface area contributed by atoms with Gasteiger partial charge in [0.25, 0.3) is 0 Å². The lowest BCUT2D eigenvalue weighted by atomic mass is 9.58. The van der Waals surface area contributed by atoms with Gasteiger partial charge >= 0.3 is 7.12 Å². The molecule has 3 aliphatic rings. The van der Waals surface area contributed by atoms with Crippen LogP contribution in [0.3, 0.4) is 0 Å². The Morgan fingerprint density at radius 3 is 2.39 bits per heavy atom. The molecule has 226 valence electrons. The monoisotopic (exact) mass is 591 g/mol. The number of benzene rings is 3. The number of imide groups is 1. The highest BCUT2D eigenvalue weighted by Crippen LogP contribution is 2.51. The maximum atomic E-state index is 13.7. The van der Waals surface area contributed by atoms with Gasteiger partial charge in [-0.05, 0) is 90.0 Å². The van der Waals surface area contributed by atoms with Gasteiger partial charge in [-0.15, -0.1) is 0 Å². The fraction of sp³-hybridized carbons (Fsp3) is 0.333. The van der Waals surface area contributed by atoms with Crippen LogP contribution in [0.25, 0.3) is 11.6 Å². The fourth-order valence-electron chi connectivity index (χ4n) is 7.10. The lowest BCUT2D eigenvalue weighted by Crippen LogP contribution is -2.46. The number of phenolic OH excluding ortho intramolecular Hbond substituents is 1. The van der Waals surface area contributed by atoms with Crippen molar-refractivity contribution in [1.29, 1.82) is 0 Å². The van der Waals surface area contributed by atoms with Crippen LogP contribution >= 0.6 is 0 Å². The van der Waals surface area contributed by atoms with E-state index in [4.69, 9.17) is 9.39 Å². The quantitative estimate of drug-likeness (QED) is 0.130. The van der Waals surface area contributed by atoms with Gasteiger partial charge in [0.15, 0.2) is 0 Å². The van der Waals surface area contributed by atoms with E-state index in [0.29, 0.717) is 38.8 Å². The van der Waals surface area contributed by atoms with Crippen molar-refractivity contribution >= 4 is 30.6 Å². The predicted molar refractivity (Wildman–Crippen MR) is 170 cm³/mol. The maximum absolute atomic E-state index is 13.7. The minimum Gasteiger partial charge on any atom is -0.508 e. The highest BCUT2D eigenvalue weighted by Gasteiger charge is 2.57. The average molecular weight is 592 g/mol. The molecule has 4 atom stereocenters. The third-order valence-electron chi connectivity index (χ3n) is 9.06. The van der Waals surface area contributed by atoms with E-state index in [0.717, 1.165) is 33.6 Å². The molecule has 0 aromatic heterocycles. The maximum Gasteiger partial charge on any atom is 0.455 e. The van der Waals surface area contributed by atoms with Crippen molar-refractivity contribution in [3.05, 3.63) is 107 Å². The highest BCUT2D eigenvalue weighted by molar-refractivity contribution is 6.43. The molecular formula is C36H38BNO6. The Morgan fingerprint density at radius 1 is 0.977 bits per heavy atom. The van der Waals surface area contributed by atoms with Crippen LogP contribution in [0, 0.1) is 17.8 Å². The molecule has 0 bridgehead atoms. The van der Waals surface area contributed by atoms with Crippen LogP contribution in [0.1, 0.15) is 43.7 Å². The lowest BCUT2D eigenvalue weighted by molar-refractivity contribution is -0.140. The molecule has 0 radical (unpaired) electrons. The van der Waals surface area contributed by atoms with Crippen molar-refractivity contribution in [2.75, 3.05) is 13.2 Å². The highest BCUT2D eigenvalue weighted by atomic mass is 16.5. The second-order valence-corrected chi connectivity index (χ2v) is 11.9. The summed E-state index contributed by atoms with van der Waals surface area (Å²) < 4.78 is 12.5. The van der Waals surface area contributed by atoms with Crippen molar-refractivity contribution in [1.82, 2.24) is 4.90 Å². The third kappa shape index (κ3) is 6.23. The van der Waals surface area contributed by atoms with Gasteiger partial charge in [-0.25, -0.2) is 0 Å². The minimum absolute atomic E-state index is 0.112. The number of para-hydroxylation sites is 1. The largest absolute Gasteiger partial charge is 0.508 e. The Hall–Kier alpha value is -4.14. The Morgan fingerprint density at radius 2 is 1.68 bits per heavy atom. The van der Waals surface area contributed by atoms with E-state index in [1.54, 1.807) is 12.1 Å². The number of allylic oxidation sites excluding steroid dienone is 1. The Balaban J connectivity index is 1.34. The first-order valence-corrected chi connectivity index (χ1v) is 15.6. The van der Waals surface area contributed by atoms with Crippen LogP contribution in [-0.4, -0.2) is 53.2 Å². The molecule has 2 saturated heterocycles. The second kappa shape index (κ2) is 13.2. The molecule has 6 rings (SSSR count). The summed E-state index contributed by atoms with van der Waals surface area (Å²) in [6, 6.07) is 26.8. The summed E-state index contributed by atoms with van der Waals surface area (Å²) in [5.74, 6) is -0.529. The molecule has 2 fully saturated rings. The standard InChI is InChI=1S/C36H38BNO6/c1-2-19-38-35(40)30-21-27(23-43-29-11-7-4-8-12-29)33-31(34(30)36(38)41)22-37(42)44-32(33)18-15-26(25-9-5-3-6-10-25)20-24-13-16-28(39)17-14-24/h3-14,16-17,20,30-32,34,39,42H,2,15,18-19,21-23H2,1H3/b26-20-/t30-,31+,32-,34-/m1/s1. The van der Waals surface area contributed by atoms with Crippen molar-refractivity contribution in [2.45, 2.75) is 45.0 Å². The van der Waals surface area contributed by atoms with Gasteiger partial charge in [-0.2, -0.15) is 0 Å². The number of fused-ring (bicyclic) bond motifs is 3. The van der Waals surface area contributed by atoms with Crippen molar-refractivity contribution in [3.63, 3.8) is 0 Å². The van der Waals surface area contributed by atoms with Gasteiger partial charge in [0, 0.05) is 6.54 Å². The second-order valence-electron chi connectivity index (χ2n) is 11.9. The van der Waals surface area contributed by atoms with Crippen molar-refractivity contribution in [3.8, 4) is 11.5 Å². The molecule has 2 heterocycles. The van der Waals surface area contributed by atoms with Crippen LogP contribution < -0.4 is 4.74 Å². The number of hydrogen-bond donors (Lipinski definition) is 2. The van der Waals surface area contributed by atoms with Crippen molar-refractivity contribution < 1.29 is 29.1 Å². The van der Waals surface area contributed by atoms with E-state index < -0.39 is 25.1 Å². The topological polar surface area (TPSA) is 96.3 Å². The smallest absolute Gasteiger partial charge is 0.455 e. The van der Waals surface area contributed by atoms with E-state index >= 15 is 0 Å². The van der Waals surface area contributed by atoms with Gasteiger partial charge in [-0.1, -0.05) is 73.7 Å². The molecule has 0 spiro atoms. The van der Waals surface area contributed by atoms with Crippen LogP contribution in [-0.2, 0) is 14.2 Å². The van der Waals surface area contributed by atoms with E-state index in [1.807, 2.05) is 67.6 Å². The van der Waals surface area contributed by atoms with Crippen LogP contribution in [0.2, 0.25) is 6.32 Å². The number of carbonyl (C=O) groups excluding carboxylic acids is 2. The SMILES string of the molecule is CCCN1C(=O)[C@@H]2[C@@H](CC(COc3ccccc3)=C3[C@@H](CC/C(=C/c4ccc(O)cc4)c4ccccc4)OB(O)C[C@@H]32)C1=O. The zero-order valence-electron chi connectivity index (χ0n) is 25.0. The van der Waals surface area contributed by atoms with E-state index in [-0.39, 0.29) is 29.8 Å². The zero-order chi connectivity index (χ0) is 30.6. The van der Waals surface area contributed by atoms with Gasteiger partial charge in [0.05, 0.1) is 17.9 Å². The van der Waals surface area contributed by atoms with Gasteiger partial charge in [0.2, 0.25) is 11.8 Å². The van der Waals surface area contributed by atoms with Crippen molar-refractivity contribution in [2.24, 2.45) is 17.8 Å². The molecule has 0 saturated carbocycles. The number of hydrogen-bond acceptors (Lipinski definition) is 6. The third-order valence-corrected chi connectivity index (χ3v) is 9.06. The lowest BCUT2D eigenvalue weighted by Gasteiger charge is -2.43. The molecule has 2 aliphatic heterocycles. The number of phenols is 1. The van der Waals surface area contributed by atoms with Crippen LogP contribution in [0.4, 0.5) is 0 Å².